The molecule has 0 N–H and O–H groups in total. The van der Waals surface area contributed by atoms with Gasteiger partial charge in [0.2, 0.25) is 5.78 Å². The third-order valence-corrected chi connectivity index (χ3v) is 5.12. The molecule has 1 atom stereocenters. The Morgan fingerprint density at radius 1 is 1.13 bits per heavy atom. The number of nitrogens with zero attached hydrogens (tertiary/aromatic N) is 2. The molecule has 0 amide bonds. The van der Waals surface area contributed by atoms with Crippen LogP contribution in [0.5, 0.6) is 5.75 Å². The number of Topliss-reactive ketones (excluding diaryl/α,β-unsaturated/α-hetero) is 1. The lowest BCUT2D eigenvalue weighted by Gasteiger charge is -2.12. The molecule has 0 spiro atoms. The monoisotopic (exact) mass is 424 g/mol. The van der Waals surface area contributed by atoms with Gasteiger partial charge in [-0.1, -0.05) is 6.07 Å². The number of aromatic nitrogens is 2. The summed E-state index contributed by atoms with van der Waals surface area (Å²) in [5.41, 5.74) is 3.87. The fourth-order valence-corrected chi connectivity index (χ4v) is 3.42. The van der Waals surface area contributed by atoms with Crippen LogP contribution in [0, 0.1) is 19.7 Å². The summed E-state index contributed by atoms with van der Waals surface area (Å²) in [6.07, 6.45) is -0.385. The molecule has 2 aromatic carbocycles. The lowest BCUT2D eigenvalue weighted by molar-refractivity contribution is -0.146. The Morgan fingerprint density at radius 2 is 1.84 bits per heavy atom. The van der Waals surface area contributed by atoms with Crippen LogP contribution in [0.15, 0.2) is 48.5 Å². The lowest BCUT2D eigenvalue weighted by Crippen LogP contribution is -2.24. The Labute approximate surface area is 180 Å². The summed E-state index contributed by atoms with van der Waals surface area (Å²) in [5, 5.41) is 4.59. The fourth-order valence-electron chi connectivity index (χ4n) is 3.42. The Morgan fingerprint density at radius 3 is 2.52 bits per heavy atom. The van der Waals surface area contributed by atoms with Crippen molar-refractivity contribution in [1.82, 2.24) is 9.78 Å². The first-order valence-corrected chi connectivity index (χ1v) is 9.99. The highest BCUT2D eigenvalue weighted by Gasteiger charge is 2.21. The third-order valence-electron chi connectivity index (χ3n) is 5.12. The zero-order valence-corrected chi connectivity index (χ0v) is 18.0. The maximum atomic E-state index is 13.0. The Hall–Kier alpha value is -3.48. The SMILES string of the molecule is COc1cccc(-n2nc(C)c(CCC(=O)O[C@@H](C)C(=O)c3ccc(F)cc3)c2C)c1. The summed E-state index contributed by atoms with van der Waals surface area (Å²) in [7, 11) is 1.61. The minimum Gasteiger partial charge on any atom is -0.497 e. The molecule has 3 rings (SSSR count). The van der Waals surface area contributed by atoms with Crippen LogP contribution in [-0.2, 0) is 16.0 Å². The summed E-state index contributed by atoms with van der Waals surface area (Å²) in [5.74, 6) is -0.543. The van der Waals surface area contributed by atoms with Gasteiger partial charge in [0.1, 0.15) is 11.6 Å². The highest BCUT2D eigenvalue weighted by atomic mass is 19.1. The van der Waals surface area contributed by atoms with Gasteiger partial charge in [0.05, 0.1) is 18.5 Å². The van der Waals surface area contributed by atoms with Crippen molar-refractivity contribution in [1.29, 1.82) is 0 Å². The van der Waals surface area contributed by atoms with Gasteiger partial charge in [0.25, 0.3) is 0 Å². The molecule has 0 bridgehead atoms. The maximum absolute atomic E-state index is 13.0. The summed E-state index contributed by atoms with van der Waals surface area (Å²) in [6, 6.07) is 12.7. The van der Waals surface area contributed by atoms with Crippen LogP contribution in [0.3, 0.4) is 0 Å². The fraction of sp³-hybridized carbons (Fsp3) is 0.292. The predicted octanol–water partition coefficient (Wildman–Crippen LogP) is 4.38. The number of esters is 1. The van der Waals surface area contributed by atoms with Gasteiger partial charge in [-0.2, -0.15) is 5.10 Å². The number of benzene rings is 2. The van der Waals surface area contributed by atoms with E-state index >= 15 is 0 Å². The summed E-state index contributed by atoms with van der Waals surface area (Å²) in [4.78, 5) is 24.7. The molecule has 0 aliphatic carbocycles. The van der Waals surface area contributed by atoms with E-state index in [1.165, 1.54) is 31.2 Å². The van der Waals surface area contributed by atoms with E-state index in [-0.39, 0.29) is 12.2 Å². The number of rotatable bonds is 8. The molecule has 1 heterocycles. The first kappa shape index (κ1) is 22.2. The maximum Gasteiger partial charge on any atom is 0.306 e. The van der Waals surface area contributed by atoms with Crippen LogP contribution >= 0.6 is 0 Å². The Bertz CT molecular complexity index is 1090. The first-order valence-electron chi connectivity index (χ1n) is 9.99. The Balaban J connectivity index is 1.64. The van der Waals surface area contributed by atoms with Gasteiger partial charge < -0.3 is 9.47 Å². The van der Waals surface area contributed by atoms with E-state index in [4.69, 9.17) is 9.47 Å². The molecule has 1 aromatic heterocycles. The van der Waals surface area contributed by atoms with Crippen LogP contribution in [0.25, 0.3) is 5.69 Å². The van der Waals surface area contributed by atoms with E-state index in [9.17, 15) is 14.0 Å². The third kappa shape index (κ3) is 5.17. The van der Waals surface area contributed by atoms with Crippen molar-refractivity contribution in [3.05, 3.63) is 76.9 Å². The van der Waals surface area contributed by atoms with Crippen molar-refractivity contribution < 1.29 is 23.5 Å². The van der Waals surface area contributed by atoms with E-state index in [1.807, 2.05) is 42.8 Å². The van der Waals surface area contributed by atoms with Crippen LogP contribution < -0.4 is 4.74 Å². The van der Waals surface area contributed by atoms with Gasteiger partial charge in [0.15, 0.2) is 6.10 Å². The normalized spacial score (nSPS) is 11.8. The summed E-state index contributed by atoms with van der Waals surface area (Å²) >= 11 is 0. The minimum absolute atomic E-state index is 0.118. The molecule has 0 fully saturated rings. The average Bonchev–Trinajstić information content (AvgIpc) is 3.05. The van der Waals surface area contributed by atoms with E-state index in [0.717, 1.165) is 28.4 Å². The quantitative estimate of drug-likeness (QED) is 0.396. The number of ether oxygens (including phenoxy) is 2. The van der Waals surface area contributed by atoms with Crippen molar-refractivity contribution in [3.63, 3.8) is 0 Å². The van der Waals surface area contributed by atoms with Gasteiger partial charge in [-0.25, -0.2) is 9.07 Å². The smallest absolute Gasteiger partial charge is 0.306 e. The molecule has 3 aromatic rings. The minimum atomic E-state index is -0.945. The van der Waals surface area contributed by atoms with Gasteiger partial charge >= 0.3 is 5.97 Å². The molecule has 0 unspecified atom stereocenters. The lowest BCUT2D eigenvalue weighted by atomic mass is 10.1. The second kappa shape index (κ2) is 9.55. The molecular weight excluding hydrogens is 399 g/mol. The van der Waals surface area contributed by atoms with Gasteiger partial charge in [0, 0.05) is 23.7 Å². The van der Waals surface area contributed by atoms with E-state index in [0.29, 0.717) is 12.0 Å². The molecule has 0 saturated carbocycles. The van der Waals surface area contributed by atoms with Crippen LogP contribution in [0.2, 0.25) is 0 Å². The van der Waals surface area contributed by atoms with E-state index in [2.05, 4.69) is 5.10 Å². The number of aryl methyl sites for hydroxylation is 1. The van der Waals surface area contributed by atoms with Gasteiger partial charge in [-0.3, -0.25) is 9.59 Å². The van der Waals surface area contributed by atoms with E-state index in [1.54, 1.807) is 7.11 Å². The van der Waals surface area contributed by atoms with Crippen molar-refractivity contribution in [2.75, 3.05) is 7.11 Å². The molecule has 0 radical (unpaired) electrons. The molecule has 31 heavy (non-hydrogen) atoms. The summed E-state index contributed by atoms with van der Waals surface area (Å²) < 4.78 is 25.4. The molecule has 7 heteroatoms. The van der Waals surface area contributed by atoms with Crippen molar-refractivity contribution in [3.8, 4) is 11.4 Å². The van der Waals surface area contributed by atoms with Crippen LogP contribution in [0.1, 0.15) is 40.7 Å². The summed E-state index contributed by atoms with van der Waals surface area (Å²) in [6.45, 7) is 5.35. The second-order valence-corrected chi connectivity index (χ2v) is 7.27. The molecular formula is C24H25FN2O4. The highest BCUT2D eigenvalue weighted by Crippen LogP contribution is 2.22. The topological polar surface area (TPSA) is 70.4 Å². The Kier molecular flexibility index (Phi) is 6.84. The number of halogens is 1. The van der Waals surface area contributed by atoms with Crippen molar-refractivity contribution >= 4 is 11.8 Å². The first-order chi connectivity index (χ1) is 14.8. The highest BCUT2D eigenvalue weighted by molar-refractivity contribution is 6.00. The largest absolute Gasteiger partial charge is 0.497 e. The number of hydrogen-bond donors (Lipinski definition) is 0. The number of ketones is 1. The zero-order valence-electron chi connectivity index (χ0n) is 18.0. The molecule has 6 nitrogen and oxygen atoms in total. The number of carbonyl (C=O) groups excluding carboxylic acids is 2. The molecule has 0 saturated heterocycles. The number of carbonyl (C=O) groups is 2. The zero-order chi connectivity index (χ0) is 22.5. The predicted molar refractivity (Wildman–Crippen MR) is 114 cm³/mol. The standard InChI is InChI=1S/C24H25FN2O4/c1-15-22(16(2)27(26-15)20-6-5-7-21(14-20)30-4)12-13-23(28)31-17(3)24(29)18-8-10-19(25)11-9-18/h5-11,14,17H,12-13H2,1-4H3/t17-/m0/s1. The van der Waals surface area contributed by atoms with Crippen LogP contribution in [-0.4, -0.2) is 34.7 Å². The molecule has 162 valence electrons. The molecule has 0 aliphatic rings. The second-order valence-electron chi connectivity index (χ2n) is 7.27. The molecule has 0 aliphatic heterocycles. The van der Waals surface area contributed by atoms with Gasteiger partial charge in [-0.15, -0.1) is 0 Å². The van der Waals surface area contributed by atoms with Crippen LogP contribution in [0.4, 0.5) is 4.39 Å². The van der Waals surface area contributed by atoms with Crippen molar-refractivity contribution in [2.45, 2.75) is 39.7 Å². The van der Waals surface area contributed by atoms with Gasteiger partial charge in [-0.05, 0) is 69.2 Å². The number of hydrogen-bond acceptors (Lipinski definition) is 5. The average molecular weight is 424 g/mol. The van der Waals surface area contributed by atoms with Crippen molar-refractivity contribution in [2.24, 2.45) is 0 Å². The number of methoxy groups -OCH3 is 1. The van der Waals surface area contributed by atoms with E-state index < -0.39 is 17.9 Å².